The zero-order valence-corrected chi connectivity index (χ0v) is 21.6. The molecular formula is C22H35N3O8S. The van der Waals surface area contributed by atoms with E-state index in [-0.39, 0.29) is 25.6 Å². The van der Waals surface area contributed by atoms with Gasteiger partial charge in [0.15, 0.2) is 0 Å². The monoisotopic (exact) mass is 501 g/mol. The Morgan fingerprint density at radius 3 is 1.74 bits per heavy atom. The topological polar surface area (TPSA) is 146 Å². The maximum absolute atomic E-state index is 11.8. The zero-order valence-electron chi connectivity index (χ0n) is 20.8. The van der Waals surface area contributed by atoms with Crippen LogP contribution >= 0.6 is 0 Å². The first-order chi connectivity index (χ1) is 15.3. The van der Waals surface area contributed by atoms with Gasteiger partial charge < -0.3 is 24.4 Å². The lowest BCUT2D eigenvalue weighted by Crippen LogP contribution is -2.36. The summed E-state index contributed by atoms with van der Waals surface area (Å²) in [6.07, 6.45) is 3.67. The van der Waals surface area contributed by atoms with Gasteiger partial charge in [0.25, 0.3) is 10.1 Å². The van der Waals surface area contributed by atoms with E-state index in [2.05, 4.69) is 5.92 Å². The molecule has 4 atom stereocenters. The molecule has 192 valence electrons. The van der Waals surface area contributed by atoms with Gasteiger partial charge in [-0.05, 0) is 41.5 Å². The van der Waals surface area contributed by atoms with Crippen LogP contribution in [0.15, 0.2) is 0 Å². The second kappa shape index (κ2) is 11.3. The van der Waals surface area contributed by atoms with Crippen LogP contribution in [0.5, 0.6) is 0 Å². The first kappa shape index (κ1) is 29.5. The molecule has 2 aliphatic heterocycles. The number of rotatable bonds is 2. The highest BCUT2D eigenvalue weighted by atomic mass is 32.2. The molecule has 2 aliphatic rings. The molecule has 34 heavy (non-hydrogen) atoms. The lowest BCUT2D eigenvalue weighted by molar-refractivity contribution is 0.0263. The summed E-state index contributed by atoms with van der Waals surface area (Å²) in [4.78, 5) is 26.1. The van der Waals surface area contributed by atoms with Crippen molar-refractivity contribution in [3.63, 3.8) is 0 Å². The number of carbonyl (C=O) groups is 2. The molecular weight excluding hydrogens is 466 g/mol. The zero-order chi connectivity index (χ0) is 26.5. The average Bonchev–Trinajstić information content (AvgIpc) is 3.21. The predicted molar refractivity (Wildman–Crippen MR) is 123 cm³/mol. The standard InChI is InChI=1S/C11H18N2O5S.C11H17NO3/c1-11(2,3)17-10(14)13-6-8(5-12)9(7-13)18-19(4,15)16;1-5-8-6-12(7-9(8)13)10(14)15-11(2,3)4/h8-9H,6-7H2,1-4H3;1,8-9,13H,6-7H2,2-4H3/t2*8-,9-/m00/s1. The largest absolute Gasteiger partial charge is 0.444 e. The van der Waals surface area contributed by atoms with Crippen molar-refractivity contribution in [3.8, 4) is 18.4 Å². The number of nitriles is 1. The number of aliphatic hydroxyl groups excluding tert-OH is 1. The quantitative estimate of drug-likeness (QED) is 0.440. The highest BCUT2D eigenvalue weighted by molar-refractivity contribution is 7.86. The fraction of sp³-hybridized carbons (Fsp3) is 0.773. The summed E-state index contributed by atoms with van der Waals surface area (Å²) in [6, 6.07) is 1.95. The molecule has 0 unspecified atom stereocenters. The van der Waals surface area contributed by atoms with E-state index in [1.165, 1.54) is 9.80 Å². The van der Waals surface area contributed by atoms with Crippen molar-refractivity contribution in [2.24, 2.45) is 11.8 Å². The van der Waals surface area contributed by atoms with Crippen LogP contribution in [-0.4, -0.2) is 91.4 Å². The molecule has 2 saturated heterocycles. The normalized spacial score (nSPS) is 25.0. The minimum Gasteiger partial charge on any atom is -0.444 e. The molecule has 0 aromatic rings. The fourth-order valence-corrected chi connectivity index (χ4v) is 3.77. The number of likely N-dealkylation sites (tertiary alicyclic amines) is 2. The number of terminal acetylenes is 1. The number of ether oxygens (including phenoxy) is 2. The highest BCUT2D eigenvalue weighted by Crippen LogP contribution is 2.23. The number of amides is 2. The van der Waals surface area contributed by atoms with Gasteiger partial charge in [0.2, 0.25) is 0 Å². The molecule has 0 bridgehead atoms. The van der Waals surface area contributed by atoms with Crippen LogP contribution in [0.2, 0.25) is 0 Å². The van der Waals surface area contributed by atoms with Crippen molar-refractivity contribution in [1.82, 2.24) is 9.80 Å². The Morgan fingerprint density at radius 1 is 0.941 bits per heavy atom. The molecule has 2 rings (SSSR count). The minimum absolute atomic E-state index is 0.0280. The Labute approximate surface area is 202 Å². The predicted octanol–water partition coefficient (Wildman–Crippen LogP) is 1.57. The third-order valence-electron chi connectivity index (χ3n) is 4.54. The second-order valence-corrected chi connectivity index (χ2v) is 11.8. The van der Waals surface area contributed by atoms with Crippen molar-refractivity contribution < 1.29 is 36.8 Å². The summed E-state index contributed by atoms with van der Waals surface area (Å²) in [5, 5.41) is 18.5. The van der Waals surface area contributed by atoms with Gasteiger partial charge in [-0.25, -0.2) is 9.59 Å². The Morgan fingerprint density at radius 2 is 1.38 bits per heavy atom. The van der Waals surface area contributed by atoms with Gasteiger partial charge in [0.1, 0.15) is 17.3 Å². The molecule has 2 heterocycles. The van der Waals surface area contributed by atoms with Gasteiger partial charge in [0.05, 0.1) is 43.4 Å². The summed E-state index contributed by atoms with van der Waals surface area (Å²) in [5.74, 6) is 1.50. The molecule has 12 heteroatoms. The lowest BCUT2D eigenvalue weighted by atomic mass is 10.1. The molecule has 0 saturated carbocycles. The summed E-state index contributed by atoms with van der Waals surface area (Å²) >= 11 is 0. The molecule has 0 spiro atoms. The molecule has 0 aromatic heterocycles. The molecule has 0 aliphatic carbocycles. The van der Waals surface area contributed by atoms with Crippen molar-refractivity contribution in [3.05, 3.63) is 0 Å². The van der Waals surface area contributed by atoms with Crippen molar-refractivity contribution in [1.29, 1.82) is 5.26 Å². The van der Waals surface area contributed by atoms with Crippen LogP contribution in [0, 0.1) is 35.5 Å². The Bertz CT molecular complexity index is 924. The fourth-order valence-electron chi connectivity index (χ4n) is 3.12. The number of carbonyl (C=O) groups excluding carboxylic acids is 2. The van der Waals surface area contributed by atoms with Crippen LogP contribution in [0.3, 0.4) is 0 Å². The Balaban J connectivity index is 0.000000350. The van der Waals surface area contributed by atoms with Crippen LogP contribution < -0.4 is 0 Å². The average molecular weight is 502 g/mol. The first-order valence-electron chi connectivity index (χ1n) is 10.7. The molecule has 0 radical (unpaired) electrons. The highest BCUT2D eigenvalue weighted by Gasteiger charge is 2.40. The lowest BCUT2D eigenvalue weighted by Gasteiger charge is -2.24. The number of β-amino-alcohol motifs (C(OH)–C–C–N with tert-alkyl or cyclic N) is 1. The van der Waals surface area contributed by atoms with Crippen molar-refractivity contribution in [2.45, 2.75) is 65.0 Å². The molecule has 2 amide bonds. The van der Waals surface area contributed by atoms with Gasteiger partial charge in [-0.15, -0.1) is 6.42 Å². The van der Waals surface area contributed by atoms with Crippen LogP contribution in [0.25, 0.3) is 0 Å². The molecule has 2 fully saturated rings. The SMILES string of the molecule is C#C[C@H]1CN(C(=O)OC(C)(C)C)C[C@@H]1O.CC(C)(C)OC(=O)N1C[C@H](OS(C)(=O)=O)[C@@H](C#N)C1. The summed E-state index contributed by atoms with van der Waals surface area (Å²) < 4.78 is 37.3. The van der Waals surface area contributed by atoms with Crippen LogP contribution in [-0.2, 0) is 23.8 Å². The van der Waals surface area contributed by atoms with E-state index in [9.17, 15) is 23.1 Å². The maximum atomic E-state index is 11.8. The van der Waals surface area contributed by atoms with Gasteiger partial charge in [-0.2, -0.15) is 13.7 Å². The van der Waals surface area contributed by atoms with E-state index in [1.807, 2.05) is 6.07 Å². The number of hydrogen-bond acceptors (Lipinski definition) is 9. The number of nitrogens with zero attached hydrogens (tertiary/aromatic N) is 3. The Hall–Kier alpha value is -2.54. The van der Waals surface area contributed by atoms with E-state index in [1.54, 1.807) is 41.5 Å². The maximum Gasteiger partial charge on any atom is 0.410 e. The first-order valence-corrected chi connectivity index (χ1v) is 12.5. The second-order valence-electron chi connectivity index (χ2n) is 10.2. The van der Waals surface area contributed by atoms with Gasteiger partial charge in [-0.3, -0.25) is 4.18 Å². The van der Waals surface area contributed by atoms with Gasteiger partial charge in [-0.1, -0.05) is 5.92 Å². The van der Waals surface area contributed by atoms with Gasteiger partial charge >= 0.3 is 12.2 Å². The summed E-state index contributed by atoms with van der Waals surface area (Å²) in [7, 11) is -3.66. The van der Waals surface area contributed by atoms with Gasteiger partial charge in [0, 0.05) is 13.1 Å². The smallest absolute Gasteiger partial charge is 0.410 e. The van der Waals surface area contributed by atoms with Crippen LogP contribution in [0.4, 0.5) is 9.59 Å². The van der Waals surface area contributed by atoms with E-state index < -0.39 is 51.6 Å². The Kier molecular flexibility index (Phi) is 9.76. The van der Waals surface area contributed by atoms with E-state index >= 15 is 0 Å². The molecule has 0 aromatic carbocycles. The van der Waals surface area contributed by atoms with E-state index in [0.717, 1.165) is 6.26 Å². The summed E-state index contributed by atoms with van der Waals surface area (Å²) in [5.41, 5.74) is -1.16. The van der Waals surface area contributed by atoms with Crippen molar-refractivity contribution >= 4 is 22.3 Å². The van der Waals surface area contributed by atoms with E-state index in [0.29, 0.717) is 6.54 Å². The number of aliphatic hydroxyl groups is 1. The third-order valence-corrected chi connectivity index (χ3v) is 5.13. The van der Waals surface area contributed by atoms with E-state index in [4.69, 9.17) is 25.3 Å². The van der Waals surface area contributed by atoms with Crippen LogP contribution in [0.1, 0.15) is 41.5 Å². The molecule has 11 nitrogen and oxygen atoms in total. The molecule has 1 N–H and O–H groups in total. The van der Waals surface area contributed by atoms with Crippen molar-refractivity contribution in [2.75, 3.05) is 32.4 Å². The number of hydrogen-bond donors (Lipinski definition) is 1. The third kappa shape index (κ3) is 10.2. The summed E-state index contributed by atoms with van der Waals surface area (Å²) in [6.45, 7) is 11.3. The minimum atomic E-state index is -3.66.